The monoisotopic (exact) mass is 326 g/mol. The molecule has 2 atom stereocenters. The van der Waals surface area contributed by atoms with E-state index in [1.807, 2.05) is 30.5 Å². The van der Waals surface area contributed by atoms with E-state index in [1.54, 1.807) is 0 Å². The second-order valence-electron chi connectivity index (χ2n) is 6.98. The SMILES string of the molecule is CS[C@H]1CCC[C@H](NC(=O)C2CCN(C(=O)C(C)C)CC2)C1. The Balaban J connectivity index is 1.76. The minimum atomic E-state index is 0.0519. The van der Waals surface area contributed by atoms with E-state index in [1.165, 1.54) is 12.8 Å². The summed E-state index contributed by atoms with van der Waals surface area (Å²) in [5, 5.41) is 3.96. The number of carbonyl (C=O) groups excluding carboxylic acids is 2. The molecule has 0 aromatic rings. The molecule has 1 saturated heterocycles. The van der Waals surface area contributed by atoms with Gasteiger partial charge < -0.3 is 10.2 Å². The minimum absolute atomic E-state index is 0.0519. The molecule has 126 valence electrons. The summed E-state index contributed by atoms with van der Waals surface area (Å²) in [6, 6.07) is 0.356. The Morgan fingerprint density at radius 1 is 1.14 bits per heavy atom. The number of thioether (sulfide) groups is 1. The van der Waals surface area contributed by atoms with Crippen molar-refractivity contribution in [2.45, 2.75) is 63.7 Å². The molecule has 22 heavy (non-hydrogen) atoms. The minimum Gasteiger partial charge on any atom is -0.353 e. The lowest BCUT2D eigenvalue weighted by atomic mass is 9.92. The molecule has 2 rings (SSSR count). The van der Waals surface area contributed by atoms with Crippen molar-refractivity contribution in [3.63, 3.8) is 0 Å². The number of carbonyl (C=O) groups is 2. The molecule has 2 fully saturated rings. The zero-order valence-corrected chi connectivity index (χ0v) is 15.0. The number of likely N-dealkylation sites (tertiary alicyclic amines) is 1. The highest BCUT2D eigenvalue weighted by molar-refractivity contribution is 7.99. The van der Waals surface area contributed by atoms with Gasteiger partial charge in [0.2, 0.25) is 11.8 Å². The standard InChI is InChI=1S/C17H30N2O2S/c1-12(2)17(21)19-9-7-13(8-10-19)16(20)18-14-5-4-6-15(11-14)22-3/h12-15H,4-11H2,1-3H3,(H,18,20)/t14-,15-/m0/s1. The third-order valence-corrected chi connectivity index (χ3v) is 6.07. The Morgan fingerprint density at radius 3 is 2.41 bits per heavy atom. The average molecular weight is 327 g/mol. The van der Waals surface area contributed by atoms with E-state index in [0.717, 1.165) is 38.8 Å². The maximum Gasteiger partial charge on any atom is 0.225 e. The predicted molar refractivity (Wildman–Crippen MR) is 91.8 cm³/mol. The lowest BCUT2D eigenvalue weighted by Gasteiger charge is -2.34. The fraction of sp³-hybridized carbons (Fsp3) is 0.882. The molecular weight excluding hydrogens is 296 g/mol. The van der Waals surface area contributed by atoms with E-state index >= 15 is 0 Å². The van der Waals surface area contributed by atoms with E-state index < -0.39 is 0 Å². The predicted octanol–water partition coefficient (Wildman–Crippen LogP) is 2.67. The molecule has 4 nitrogen and oxygen atoms in total. The van der Waals surface area contributed by atoms with Crippen molar-refractivity contribution in [1.29, 1.82) is 0 Å². The maximum atomic E-state index is 12.5. The Labute approximate surface area is 138 Å². The molecule has 2 aliphatic rings. The summed E-state index contributed by atoms with van der Waals surface area (Å²) in [6.07, 6.45) is 8.51. The van der Waals surface area contributed by atoms with Gasteiger partial charge >= 0.3 is 0 Å². The van der Waals surface area contributed by atoms with E-state index in [2.05, 4.69) is 11.6 Å². The molecule has 0 aromatic carbocycles. The largest absolute Gasteiger partial charge is 0.353 e. The average Bonchev–Trinajstić information content (AvgIpc) is 2.54. The van der Waals surface area contributed by atoms with Crippen LogP contribution in [-0.2, 0) is 9.59 Å². The normalized spacial score (nSPS) is 27.0. The Morgan fingerprint density at radius 2 is 1.82 bits per heavy atom. The molecular formula is C17H30N2O2S. The van der Waals surface area contributed by atoms with Crippen molar-refractivity contribution in [1.82, 2.24) is 10.2 Å². The first kappa shape index (κ1) is 17.6. The third-order valence-electron chi connectivity index (χ3n) is 4.98. The van der Waals surface area contributed by atoms with Gasteiger partial charge in [-0.05, 0) is 38.4 Å². The van der Waals surface area contributed by atoms with Crippen LogP contribution in [0.25, 0.3) is 0 Å². The van der Waals surface area contributed by atoms with Gasteiger partial charge in [-0.1, -0.05) is 20.3 Å². The fourth-order valence-electron chi connectivity index (χ4n) is 3.54. The molecule has 1 heterocycles. The van der Waals surface area contributed by atoms with Gasteiger partial charge in [0.1, 0.15) is 0 Å². The van der Waals surface area contributed by atoms with Gasteiger partial charge in [0, 0.05) is 36.2 Å². The lowest BCUT2D eigenvalue weighted by molar-refractivity contribution is -0.138. The molecule has 0 unspecified atom stereocenters. The molecule has 1 aliphatic carbocycles. The number of nitrogens with one attached hydrogen (secondary N) is 1. The van der Waals surface area contributed by atoms with Gasteiger partial charge in [-0.25, -0.2) is 0 Å². The molecule has 0 aromatic heterocycles. The molecule has 1 saturated carbocycles. The maximum absolute atomic E-state index is 12.5. The quantitative estimate of drug-likeness (QED) is 0.864. The summed E-state index contributed by atoms with van der Waals surface area (Å²) < 4.78 is 0. The number of piperidine rings is 1. The first-order valence-electron chi connectivity index (χ1n) is 8.63. The van der Waals surface area contributed by atoms with Crippen LogP contribution in [-0.4, -0.2) is 47.4 Å². The summed E-state index contributed by atoms with van der Waals surface area (Å²) >= 11 is 1.92. The molecule has 1 aliphatic heterocycles. The van der Waals surface area contributed by atoms with E-state index in [-0.39, 0.29) is 23.7 Å². The van der Waals surface area contributed by atoms with E-state index in [9.17, 15) is 9.59 Å². The molecule has 0 radical (unpaired) electrons. The second-order valence-corrected chi connectivity index (χ2v) is 8.12. The zero-order chi connectivity index (χ0) is 16.1. The number of nitrogens with zero attached hydrogens (tertiary/aromatic N) is 1. The van der Waals surface area contributed by atoms with Crippen LogP contribution in [0.1, 0.15) is 52.4 Å². The van der Waals surface area contributed by atoms with Gasteiger partial charge in [0.15, 0.2) is 0 Å². The number of hydrogen-bond donors (Lipinski definition) is 1. The van der Waals surface area contributed by atoms with Gasteiger partial charge in [0.25, 0.3) is 0 Å². The number of rotatable bonds is 4. The van der Waals surface area contributed by atoms with Crippen LogP contribution in [0.4, 0.5) is 0 Å². The summed E-state index contributed by atoms with van der Waals surface area (Å²) in [5.74, 6) is 0.569. The highest BCUT2D eigenvalue weighted by Crippen LogP contribution is 2.27. The van der Waals surface area contributed by atoms with Gasteiger partial charge in [-0.2, -0.15) is 11.8 Å². The van der Waals surface area contributed by atoms with Crippen molar-refractivity contribution in [3.8, 4) is 0 Å². The van der Waals surface area contributed by atoms with Crippen molar-refractivity contribution >= 4 is 23.6 Å². The van der Waals surface area contributed by atoms with Crippen LogP contribution in [0.3, 0.4) is 0 Å². The zero-order valence-electron chi connectivity index (χ0n) is 14.1. The first-order chi connectivity index (χ1) is 10.5. The molecule has 1 N–H and O–H groups in total. The summed E-state index contributed by atoms with van der Waals surface area (Å²) in [5.41, 5.74) is 0. The Kier molecular flexibility index (Phi) is 6.60. The second kappa shape index (κ2) is 8.23. The highest BCUT2D eigenvalue weighted by Gasteiger charge is 2.30. The fourth-order valence-corrected chi connectivity index (χ4v) is 4.36. The van der Waals surface area contributed by atoms with Crippen LogP contribution >= 0.6 is 11.8 Å². The van der Waals surface area contributed by atoms with E-state index in [0.29, 0.717) is 11.3 Å². The highest BCUT2D eigenvalue weighted by atomic mass is 32.2. The van der Waals surface area contributed by atoms with Crippen molar-refractivity contribution < 1.29 is 9.59 Å². The van der Waals surface area contributed by atoms with Crippen molar-refractivity contribution in [3.05, 3.63) is 0 Å². The molecule has 0 spiro atoms. The van der Waals surface area contributed by atoms with E-state index in [4.69, 9.17) is 0 Å². The van der Waals surface area contributed by atoms with Gasteiger partial charge in [0.05, 0.1) is 0 Å². The summed E-state index contributed by atoms with van der Waals surface area (Å²) in [7, 11) is 0. The van der Waals surface area contributed by atoms with Crippen LogP contribution in [0.2, 0.25) is 0 Å². The van der Waals surface area contributed by atoms with Gasteiger partial charge in [-0.3, -0.25) is 9.59 Å². The Hall–Kier alpha value is -0.710. The van der Waals surface area contributed by atoms with Crippen molar-refractivity contribution in [2.24, 2.45) is 11.8 Å². The Bertz CT molecular complexity index is 392. The lowest BCUT2D eigenvalue weighted by Crippen LogP contribution is -2.47. The van der Waals surface area contributed by atoms with Gasteiger partial charge in [-0.15, -0.1) is 0 Å². The topological polar surface area (TPSA) is 49.4 Å². The third kappa shape index (κ3) is 4.64. The molecule has 5 heteroatoms. The first-order valence-corrected chi connectivity index (χ1v) is 9.92. The van der Waals surface area contributed by atoms with Crippen LogP contribution in [0.5, 0.6) is 0 Å². The van der Waals surface area contributed by atoms with Crippen LogP contribution < -0.4 is 5.32 Å². The summed E-state index contributed by atoms with van der Waals surface area (Å²) in [4.78, 5) is 26.3. The number of hydrogen-bond acceptors (Lipinski definition) is 3. The van der Waals surface area contributed by atoms with Crippen LogP contribution in [0.15, 0.2) is 0 Å². The number of amides is 2. The van der Waals surface area contributed by atoms with Crippen molar-refractivity contribution in [2.75, 3.05) is 19.3 Å². The molecule has 2 amide bonds. The molecule has 0 bridgehead atoms. The smallest absolute Gasteiger partial charge is 0.225 e. The van der Waals surface area contributed by atoms with Crippen LogP contribution in [0, 0.1) is 11.8 Å². The summed E-state index contributed by atoms with van der Waals surface area (Å²) in [6.45, 7) is 5.33.